The Morgan fingerprint density at radius 3 is 2.33 bits per heavy atom. The van der Waals surface area contributed by atoms with Gasteiger partial charge >= 0.3 is 0 Å². The molecule has 1 unspecified atom stereocenters. The van der Waals surface area contributed by atoms with Gasteiger partial charge < -0.3 is 5.11 Å². The Hall–Kier alpha value is -2.35. The molecule has 0 bridgehead atoms. The molecule has 1 aliphatic carbocycles. The number of aliphatic hydroxyl groups is 1. The molecule has 2 aromatic rings. The fraction of sp³-hybridized carbons (Fsp3) is 0.0625. The highest BCUT2D eigenvalue weighted by atomic mass is 16.2. The smallest absolute Gasteiger partial charge is 0.193 e. The van der Waals surface area contributed by atoms with Crippen molar-refractivity contribution >= 4 is 5.78 Å². The summed E-state index contributed by atoms with van der Waals surface area (Å²) >= 11 is 0. The number of ketones is 1. The number of aliphatic hydroxyl groups excluding tert-OH is 1. The van der Waals surface area contributed by atoms with E-state index in [1.807, 2.05) is 54.6 Å². The minimum Gasteiger partial charge on any atom is -0.515 e. The Bertz CT molecular complexity index is 627. The van der Waals surface area contributed by atoms with Crippen LogP contribution >= 0.6 is 0 Å². The molecule has 0 radical (unpaired) electrons. The van der Waals surface area contributed by atoms with Crippen LogP contribution in [0.3, 0.4) is 0 Å². The molecule has 88 valence electrons. The standard InChI is InChI=1S/C16H12O2/c17-10-14-15(11-6-2-1-3-7-11)12-8-4-5-9-13(12)16(14)18/h1-10,15,17H. The number of allylic oxidation sites excluding steroid dienone is 1. The Labute approximate surface area is 105 Å². The summed E-state index contributed by atoms with van der Waals surface area (Å²) in [4.78, 5) is 12.2. The molecule has 1 atom stereocenters. The third-order valence-corrected chi connectivity index (χ3v) is 3.36. The Morgan fingerprint density at radius 2 is 1.61 bits per heavy atom. The van der Waals surface area contributed by atoms with Crippen LogP contribution in [0, 0.1) is 0 Å². The lowest BCUT2D eigenvalue weighted by Gasteiger charge is -2.12. The molecule has 0 fully saturated rings. The molecule has 0 saturated carbocycles. The van der Waals surface area contributed by atoms with Gasteiger partial charge in [-0.3, -0.25) is 4.79 Å². The highest BCUT2D eigenvalue weighted by molar-refractivity contribution is 6.14. The van der Waals surface area contributed by atoms with E-state index in [0.717, 1.165) is 17.4 Å². The Kier molecular flexibility index (Phi) is 2.49. The third-order valence-electron chi connectivity index (χ3n) is 3.36. The number of fused-ring (bicyclic) bond motifs is 1. The van der Waals surface area contributed by atoms with E-state index in [2.05, 4.69) is 0 Å². The first kappa shape index (κ1) is 10.8. The predicted octanol–water partition coefficient (Wildman–Crippen LogP) is 3.46. The maximum absolute atomic E-state index is 12.2. The van der Waals surface area contributed by atoms with Gasteiger partial charge in [0.05, 0.1) is 6.26 Å². The zero-order valence-corrected chi connectivity index (χ0v) is 9.71. The lowest BCUT2D eigenvalue weighted by atomic mass is 9.90. The van der Waals surface area contributed by atoms with Gasteiger partial charge in [0.1, 0.15) is 0 Å². The van der Waals surface area contributed by atoms with Gasteiger partial charge in [-0.2, -0.15) is 0 Å². The van der Waals surface area contributed by atoms with Gasteiger partial charge in [-0.05, 0) is 11.1 Å². The Balaban J connectivity index is 2.22. The predicted molar refractivity (Wildman–Crippen MR) is 69.8 cm³/mol. The van der Waals surface area contributed by atoms with Crippen LogP contribution in [-0.4, -0.2) is 10.9 Å². The fourth-order valence-corrected chi connectivity index (χ4v) is 2.55. The number of hydrogen-bond acceptors (Lipinski definition) is 2. The zero-order chi connectivity index (χ0) is 12.5. The summed E-state index contributed by atoms with van der Waals surface area (Å²) in [6.45, 7) is 0. The number of carbonyl (C=O) groups is 1. The number of rotatable bonds is 1. The van der Waals surface area contributed by atoms with Gasteiger partial charge in [0.25, 0.3) is 0 Å². The van der Waals surface area contributed by atoms with Crippen LogP contribution in [0.5, 0.6) is 0 Å². The molecule has 2 aromatic carbocycles. The first-order valence-electron chi connectivity index (χ1n) is 5.86. The van der Waals surface area contributed by atoms with Gasteiger partial charge in [0.15, 0.2) is 5.78 Å². The minimum atomic E-state index is -0.153. The fourth-order valence-electron chi connectivity index (χ4n) is 2.55. The molecule has 0 aliphatic heterocycles. The van der Waals surface area contributed by atoms with Gasteiger partial charge in [-0.15, -0.1) is 0 Å². The molecular formula is C16H12O2. The molecule has 2 nitrogen and oxygen atoms in total. The van der Waals surface area contributed by atoms with Crippen molar-refractivity contribution in [3.63, 3.8) is 0 Å². The topological polar surface area (TPSA) is 37.3 Å². The lowest BCUT2D eigenvalue weighted by molar-refractivity contribution is 0.103. The van der Waals surface area contributed by atoms with E-state index in [1.165, 1.54) is 0 Å². The van der Waals surface area contributed by atoms with E-state index in [4.69, 9.17) is 0 Å². The second-order valence-electron chi connectivity index (χ2n) is 4.34. The van der Waals surface area contributed by atoms with Crippen molar-refractivity contribution < 1.29 is 9.90 Å². The maximum atomic E-state index is 12.2. The van der Waals surface area contributed by atoms with Crippen LogP contribution in [0.4, 0.5) is 0 Å². The van der Waals surface area contributed by atoms with E-state index in [-0.39, 0.29) is 11.7 Å². The summed E-state index contributed by atoms with van der Waals surface area (Å²) in [5.74, 6) is -0.234. The number of hydrogen-bond donors (Lipinski definition) is 1. The van der Waals surface area contributed by atoms with Crippen molar-refractivity contribution in [2.45, 2.75) is 5.92 Å². The minimum absolute atomic E-state index is 0.0815. The SMILES string of the molecule is O=C1C(=CO)C(c2ccccc2)c2ccccc21. The van der Waals surface area contributed by atoms with Crippen LogP contribution in [0.15, 0.2) is 66.4 Å². The quantitative estimate of drug-likeness (QED) is 0.608. The summed E-state index contributed by atoms with van der Waals surface area (Å²) in [6.07, 6.45) is 0.944. The van der Waals surface area contributed by atoms with Crippen molar-refractivity contribution in [2.24, 2.45) is 0 Å². The van der Waals surface area contributed by atoms with Crippen LogP contribution < -0.4 is 0 Å². The van der Waals surface area contributed by atoms with E-state index >= 15 is 0 Å². The summed E-state index contributed by atoms with van der Waals surface area (Å²) in [6, 6.07) is 17.3. The second-order valence-corrected chi connectivity index (χ2v) is 4.34. The van der Waals surface area contributed by atoms with Gasteiger partial charge in [0, 0.05) is 17.1 Å². The Morgan fingerprint density at radius 1 is 0.944 bits per heavy atom. The van der Waals surface area contributed by atoms with Crippen molar-refractivity contribution in [1.29, 1.82) is 0 Å². The normalized spacial score (nSPS) is 20.1. The first-order chi connectivity index (χ1) is 8.83. The maximum Gasteiger partial charge on any atom is 0.193 e. The van der Waals surface area contributed by atoms with Crippen molar-refractivity contribution in [2.75, 3.05) is 0 Å². The monoisotopic (exact) mass is 236 g/mol. The van der Waals surface area contributed by atoms with E-state index < -0.39 is 0 Å². The molecule has 0 spiro atoms. The number of carbonyl (C=O) groups excluding carboxylic acids is 1. The zero-order valence-electron chi connectivity index (χ0n) is 9.71. The van der Waals surface area contributed by atoms with Crippen LogP contribution in [0.1, 0.15) is 27.4 Å². The third kappa shape index (κ3) is 1.46. The van der Waals surface area contributed by atoms with Crippen molar-refractivity contribution in [1.82, 2.24) is 0 Å². The first-order valence-corrected chi connectivity index (χ1v) is 5.86. The average molecular weight is 236 g/mol. The molecule has 0 amide bonds. The van der Waals surface area contributed by atoms with Crippen LogP contribution in [0.25, 0.3) is 0 Å². The molecule has 0 saturated heterocycles. The van der Waals surface area contributed by atoms with Gasteiger partial charge in [-0.1, -0.05) is 54.6 Å². The molecule has 18 heavy (non-hydrogen) atoms. The second kappa shape index (κ2) is 4.15. The van der Waals surface area contributed by atoms with E-state index in [1.54, 1.807) is 0 Å². The van der Waals surface area contributed by atoms with Crippen LogP contribution in [-0.2, 0) is 0 Å². The summed E-state index contributed by atoms with van der Waals surface area (Å²) in [5, 5.41) is 9.36. The molecule has 3 rings (SSSR count). The molecular weight excluding hydrogens is 224 g/mol. The molecule has 1 N–H and O–H groups in total. The highest BCUT2D eigenvalue weighted by Crippen LogP contribution is 2.41. The molecule has 0 heterocycles. The molecule has 2 heteroatoms. The lowest BCUT2D eigenvalue weighted by Crippen LogP contribution is -2.02. The summed E-state index contributed by atoms with van der Waals surface area (Å²) < 4.78 is 0. The molecule has 0 aromatic heterocycles. The number of benzene rings is 2. The van der Waals surface area contributed by atoms with Crippen LogP contribution in [0.2, 0.25) is 0 Å². The summed E-state index contributed by atoms with van der Waals surface area (Å²) in [7, 11) is 0. The molecule has 1 aliphatic rings. The van der Waals surface area contributed by atoms with Gasteiger partial charge in [0.2, 0.25) is 0 Å². The average Bonchev–Trinajstić information content (AvgIpc) is 2.73. The highest BCUT2D eigenvalue weighted by Gasteiger charge is 2.35. The van der Waals surface area contributed by atoms with Gasteiger partial charge in [-0.25, -0.2) is 0 Å². The largest absolute Gasteiger partial charge is 0.515 e. The van der Waals surface area contributed by atoms with Crippen molar-refractivity contribution in [3.05, 3.63) is 83.1 Å². The van der Waals surface area contributed by atoms with E-state index in [9.17, 15) is 9.90 Å². The summed E-state index contributed by atoms with van der Waals surface area (Å²) in [5.41, 5.74) is 3.12. The van der Waals surface area contributed by atoms with Crippen molar-refractivity contribution in [3.8, 4) is 0 Å². The van der Waals surface area contributed by atoms with E-state index in [0.29, 0.717) is 11.1 Å². The number of Topliss-reactive ketones (excluding diaryl/α,β-unsaturated/α-hetero) is 1.